The highest BCUT2D eigenvalue weighted by atomic mass is 127. The Kier molecular flexibility index (Phi) is 8.50. The number of aliphatic hydroxyl groups excluding tert-OH is 1. The average Bonchev–Trinajstić information content (AvgIpc) is 3.41. The minimum atomic E-state index is -0.571. The van der Waals surface area contributed by atoms with E-state index in [1.807, 2.05) is 18.2 Å². The van der Waals surface area contributed by atoms with Crippen LogP contribution >= 0.6 is 35.3 Å². The zero-order valence-electron chi connectivity index (χ0n) is 17.0. The van der Waals surface area contributed by atoms with E-state index in [-0.39, 0.29) is 30.1 Å². The summed E-state index contributed by atoms with van der Waals surface area (Å²) >= 11 is 1.63. The number of guanidine groups is 1. The zero-order valence-corrected chi connectivity index (χ0v) is 20.1. The van der Waals surface area contributed by atoms with Gasteiger partial charge in [-0.2, -0.15) is 0 Å². The summed E-state index contributed by atoms with van der Waals surface area (Å²) in [6.45, 7) is 1.97. The molecule has 3 aromatic rings. The maximum atomic E-state index is 10.6. The number of fused-ring (bicyclic) bond motifs is 1. The number of halogens is 1. The number of ether oxygens (including phenoxy) is 1. The van der Waals surface area contributed by atoms with E-state index in [0.29, 0.717) is 18.4 Å². The Labute approximate surface area is 198 Å². The molecule has 1 aliphatic rings. The number of rotatable bonds is 6. The lowest BCUT2D eigenvalue weighted by Gasteiger charge is -2.21. The lowest BCUT2D eigenvalue weighted by molar-refractivity contribution is 0.0915. The van der Waals surface area contributed by atoms with E-state index >= 15 is 0 Å². The van der Waals surface area contributed by atoms with E-state index < -0.39 is 6.10 Å². The maximum absolute atomic E-state index is 10.6. The second-order valence-electron chi connectivity index (χ2n) is 7.29. The van der Waals surface area contributed by atoms with Gasteiger partial charge in [0.1, 0.15) is 6.10 Å². The van der Waals surface area contributed by atoms with Crippen LogP contribution in [0.3, 0.4) is 0 Å². The van der Waals surface area contributed by atoms with Gasteiger partial charge in [0.25, 0.3) is 0 Å². The van der Waals surface area contributed by atoms with E-state index in [9.17, 15) is 5.11 Å². The molecule has 5 nitrogen and oxygen atoms in total. The van der Waals surface area contributed by atoms with E-state index in [2.05, 4.69) is 58.1 Å². The van der Waals surface area contributed by atoms with Crippen LogP contribution in [-0.4, -0.2) is 37.8 Å². The predicted octanol–water partition coefficient (Wildman–Crippen LogP) is 4.50. The van der Waals surface area contributed by atoms with E-state index in [1.54, 1.807) is 18.4 Å². The molecular formula is C23H28IN3O2S. The quantitative estimate of drug-likeness (QED) is 0.246. The first-order chi connectivity index (χ1) is 14.2. The Morgan fingerprint density at radius 3 is 2.70 bits per heavy atom. The third-order valence-electron chi connectivity index (χ3n) is 5.33. The molecule has 7 heteroatoms. The van der Waals surface area contributed by atoms with Gasteiger partial charge in [-0.25, -0.2) is 0 Å². The van der Waals surface area contributed by atoms with Crippen LogP contribution in [0.5, 0.6) is 0 Å². The van der Waals surface area contributed by atoms with Crippen LogP contribution in [0, 0.1) is 5.92 Å². The molecule has 2 aromatic carbocycles. The molecule has 0 spiro atoms. The number of nitrogens with one attached hydrogen (secondary N) is 2. The Balaban J connectivity index is 0.00000256. The maximum Gasteiger partial charge on any atom is 0.191 e. The van der Waals surface area contributed by atoms with Crippen molar-refractivity contribution in [2.75, 3.05) is 26.7 Å². The molecule has 4 rings (SSSR count). The van der Waals surface area contributed by atoms with E-state index in [1.165, 1.54) is 15.6 Å². The standard InChI is InChI=1S/C23H27N3O2S.HI/c1-24-23(25-14-18-11-12-28-22(18)16-7-3-2-4-8-16)26-15-19(27)21-13-17-9-5-6-10-20(17)29-21;/h2-10,13,18-19,22,27H,11-12,14-15H2,1H3,(H2,24,25,26);1H. The molecule has 1 fully saturated rings. The molecule has 2 heterocycles. The predicted molar refractivity (Wildman–Crippen MR) is 135 cm³/mol. The largest absolute Gasteiger partial charge is 0.386 e. The molecule has 0 radical (unpaired) electrons. The first-order valence-electron chi connectivity index (χ1n) is 10.0. The molecule has 30 heavy (non-hydrogen) atoms. The topological polar surface area (TPSA) is 65.9 Å². The Morgan fingerprint density at radius 2 is 1.93 bits per heavy atom. The first-order valence-corrected chi connectivity index (χ1v) is 10.8. The zero-order chi connectivity index (χ0) is 20.1. The van der Waals surface area contributed by atoms with Crippen molar-refractivity contribution in [1.29, 1.82) is 0 Å². The second-order valence-corrected chi connectivity index (χ2v) is 8.40. The van der Waals surface area contributed by atoms with Crippen molar-refractivity contribution in [2.45, 2.75) is 18.6 Å². The summed E-state index contributed by atoms with van der Waals surface area (Å²) in [4.78, 5) is 5.26. The van der Waals surface area contributed by atoms with Crippen molar-refractivity contribution in [3.63, 3.8) is 0 Å². The fraction of sp³-hybridized carbons (Fsp3) is 0.348. The van der Waals surface area contributed by atoms with Crippen LogP contribution in [0.2, 0.25) is 0 Å². The summed E-state index contributed by atoms with van der Waals surface area (Å²) in [5.41, 5.74) is 1.22. The van der Waals surface area contributed by atoms with Crippen LogP contribution in [0.15, 0.2) is 65.7 Å². The lowest BCUT2D eigenvalue weighted by Crippen LogP contribution is -2.41. The van der Waals surface area contributed by atoms with Crippen molar-refractivity contribution < 1.29 is 9.84 Å². The van der Waals surface area contributed by atoms with Gasteiger partial charge in [-0.05, 0) is 29.5 Å². The van der Waals surface area contributed by atoms with Gasteiger partial charge in [-0.3, -0.25) is 4.99 Å². The summed E-state index contributed by atoms with van der Waals surface area (Å²) in [7, 11) is 1.75. The molecule has 160 valence electrons. The van der Waals surface area contributed by atoms with Crippen LogP contribution in [0.4, 0.5) is 0 Å². The molecule has 0 bridgehead atoms. The summed E-state index contributed by atoms with van der Waals surface area (Å²) in [6.07, 6.45) is 0.567. The van der Waals surface area contributed by atoms with Gasteiger partial charge < -0.3 is 20.5 Å². The third kappa shape index (κ3) is 5.51. The fourth-order valence-electron chi connectivity index (χ4n) is 3.76. The van der Waals surface area contributed by atoms with Gasteiger partial charge in [-0.15, -0.1) is 35.3 Å². The number of nitrogens with zero attached hydrogens (tertiary/aromatic N) is 1. The number of thiophene rings is 1. The number of aliphatic hydroxyl groups is 1. The van der Waals surface area contributed by atoms with Crippen molar-refractivity contribution in [1.82, 2.24) is 10.6 Å². The molecular weight excluding hydrogens is 509 g/mol. The molecule has 3 atom stereocenters. The Bertz CT molecular complexity index is 930. The number of benzene rings is 2. The summed E-state index contributed by atoms with van der Waals surface area (Å²) < 4.78 is 7.16. The monoisotopic (exact) mass is 537 g/mol. The third-order valence-corrected chi connectivity index (χ3v) is 6.55. The smallest absolute Gasteiger partial charge is 0.191 e. The summed E-state index contributed by atoms with van der Waals surface area (Å²) in [5.74, 6) is 1.09. The van der Waals surface area contributed by atoms with Gasteiger partial charge in [-0.1, -0.05) is 48.5 Å². The number of aliphatic imine (C=N–C) groups is 1. The number of hydrogen-bond acceptors (Lipinski definition) is 4. The van der Waals surface area contributed by atoms with Crippen molar-refractivity contribution >= 4 is 51.4 Å². The Hall–Kier alpha value is -1.68. The normalized spacial score (nSPS) is 20.0. The van der Waals surface area contributed by atoms with Crippen molar-refractivity contribution in [3.8, 4) is 0 Å². The molecule has 1 aliphatic heterocycles. The summed E-state index contributed by atoms with van der Waals surface area (Å²) in [6, 6.07) is 20.6. The second kappa shape index (κ2) is 11.1. The SMILES string of the molecule is CN=C(NCC(O)c1cc2ccccc2s1)NCC1CCOC1c1ccccc1.I. The van der Waals surface area contributed by atoms with Crippen LogP contribution in [0.25, 0.3) is 10.1 Å². The molecule has 3 unspecified atom stereocenters. The van der Waals surface area contributed by atoms with Crippen molar-refractivity contribution in [2.24, 2.45) is 10.9 Å². The molecule has 1 aromatic heterocycles. The van der Waals surface area contributed by atoms with E-state index in [0.717, 1.165) is 24.4 Å². The molecule has 0 aliphatic carbocycles. The van der Waals surface area contributed by atoms with Gasteiger partial charge in [0, 0.05) is 42.2 Å². The molecule has 1 saturated heterocycles. The number of hydrogen-bond donors (Lipinski definition) is 3. The molecule has 0 amide bonds. The van der Waals surface area contributed by atoms with Crippen LogP contribution in [-0.2, 0) is 4.74 Å². The molecule has 0 saturated carbocycles. The summed E-state index contributed by atoms with van der Waals surface area (Å²) in [5, 5.41) is 18.4. The van der Waals surface area contributed by atoms with Gasteiger partial charge in [0.05, 0.1) is 6.10 Å². The van der Waals surface area contributed by atoms with E-state index in [4.69, 9.17) is 4.74 Å². The van der Waals surface area contributed by atoms with Gasteiger partial charge >= 0.3 is 0 Å². The highest BCUT2D eigenvalue weighted by molar-refractivity contribution is 14.0. The minimum absolute atomic E-state index is 0. The van der Waals surface area contributed by atoms with Crippen LogP contribution in [0.1, 0.15) is 29.1 Å². The Morgan fingerprint density at radius 1 is 1.17 bits per heavy atom. The minimum Gasteiger partial charge on any atom is -0.386 e. The average molecular weight is 537 g/mol. The highest BCUT2D eigenvalue weighted by Crippen LogP contribution is 2.34. The lowest BCUT2D eigenvalue weighted by atomic mass is 9.95. The highest BCUT2D eigenvalue weighted by Gasteiger charge is 2.29. The fourth-order valence-corrected chi connectivity index (χ4v) is 4.81. The van der Waals surface area contributed by atoms with Gasteiger partial charge in [0.15, 0.2) is 5.96 Å². The molecule has 3 N–H and O–H groups in total. The van der Waals surface area contributed by atoms with Gasteiger partial charge in [0.2, 0.25) is 0 Å². The van der Waals surface area contributed by atoms with Crippen LogP contribution < -0.4 is 10.6 Å². The van der Waals surface area contributed by atoms with Crippen molar-refractivity contribution in [3.05, 3.63) is 71.1 Å². The first kappa shape index (κ1) is 23.0.